The van der Waals surface area contributed by atoms with Gasteiger partial charge in [-0.25, -0.2) is 0 Å². The monoisotopic (exact) mass is 152 g/mol. The first-order valence-electron chi connectivity index (χ1n) is 3.69. The Bertz CT molecular complexity index is 181. The molecule has 0 atom stereocenters. The van der Waals surface area contributed by atoms with Crippen molar-refractivity contribution in [3.8, 4) is 0 Å². The fourth-order valence-corrected chi connectivity index (χ4v) is 0.507. The number of methoxy groups -OCH3 is 1. The Hall–Kier alpha value is -0.980. The van der Waals surface area contributed by atoms with Crippen molar-refractivity contribution in [3.05, 3.63) is 35.6 Å². The fourth-order valence-electron chi connectivity index (χ4n) is 0.507. The highest BCUT2D eigenvalue weighted by atomic mass is 16.5. The van der Waals surface area contributed by atoms with Crippen LogP contribution in [0.25, 0.3) is 0 Å². The first-order valence-corrected chi connectivity index (χ1v) is 3.69. The van der Waals surface area contributed by atoms with E-state index in [2.05, 4.69) is 19.9 Å². The Morgan fingerprint density at radius 2 is 1.55 bits per heavy atom. The average Bonchev–Trinajstić information content (AvgIpc) is 1.97. The van der Waals surface area contributed by atoms with Crippen LogP contribution in [0.2, 0.25) is 0 Å². The number of ether oxygens (including phenoxy) is 1. The lowest BCUT2D eigenvalue weighted by Gasteiger charge is -1.93. The molecule has 0 aromatic carbocycles. The standard InChI is InChI=1S/C10H16O/c1-9(2)7-5-6-8-10(3)11-4/h5-8H,1-4H3/b6-5+,10-8+. The summed E-state index contributed by atoms with van der Waals surface area (Å²) >= 11 is 0. The van der Waals surface area contributed by atoms with E-state index in [1.165, 1.54) is 5.57 Å². The quantitative estimate of drug-likeness (QED) is 0.446. The molecule has 0 heterocycles. The molecule has 0 aromatic heterocycles. The van der Waals surface area contributed by atoms with Crippen molar-refractivity contribution in [2.75, 3.05) is 7.11 Å². The van der Waals surface area contributed by atoms with Crippen molar-refractivity contribution in [3.63, 3.8) is 0 Å². The minimum absolute atomic E-state index is 0.920. The van der Waals surface area contributed by atoms with E-state index >= 15 is 0 Å². The van der Waals surface area contributed by atoms with Crippen LogP contribution >= 0.6 is 0 Å². The molecule has 0 fully saturated rings. The van der Waals surface area contributed by atoms with Gasteiger partial charge in [-0.15, -0.1) is 0 Å². The second-order valence-corrected chi connectivity index (χ2v) is 2.61. The molecule has 1 heteroatoms. The molecule has 0 aromatic rings. The highest BCUT2D eigenvalue weighted by Crippen LogP contribution is 1.94. The molecule has 0 saturated heterocycles. The van der Waals surface area contributed by atoms with Crippen molar-refractivity contribution >= 4 is 0 Å². The summed E-state index contributed by atoms with van der Waals surface area (Å²) in [5.74, 6) is 0.920. The van der Waals surface area contributed by atoms with Gasteiger partial charge < -0.3 is 4.74 Å². The number of hydrogen-bond donors (Lipinski definition) is 0. The Kier molecular flexibility index (Phi) is 5.26. The van der Waals surface area contributed by atoms with Crippen LogP contribution in [0.4, 0.5) is 0 Å². The van der Waals surface area contributed by atoms with E-state index in [-0.39, 0.29) is 0 Å². The van der Waals surface area contributed by atoms with Crippen LogP contribution in [0.3, 0.4) is 0 Å². The second-order valence-electron chi connectivity index (χ2n) is 2.61. The van der Waals surface area contributed by atoms with Gasteiger partial charge in [-0.3, -0.25) is 0 Å². The van der Waals surface area contributed by atoms with E-state index in [0.717, 1.165) is 5.76 Å². The lowest BCUT2D eigenvalue weighted by atomic mass is 10.3. The maximum atomic E-state index is 4.95. The largest absolute Gasteiger partial charge is 0.501 e. The van der Waals surface area contributed by atoms with Crippen LogP contribution in [-0.4, -0.2) is 7.11 Å². The number of hydrogen-bond acceptors (Lipinski definition) is 1. The van der Waals surface area contributed by atoms with Gasteiger partial charge in [0.05, 0.1) is 12.9 Å². The molecule has 0 radical (unpaired) electrons. The zero-order valence-electron chi connectivity index (χ0n) is 7.72. The molecule has 0 aliphatic carbocycles. The fraction of sp³-hybridized carbons (Fsp3) is 0.400. The molecule has 0 N–H and O–H groups in total. The van der Waals surface area contributed by atoms with Crippen molar-refractivity contribution in [1.29, 1.82) is 0 Å². The first kappa shape index (κ1) is 10.0. The molecule has 0 rings (SSSR count). The lowest BCUT2D eigenvalue weighted by Crippen LogP contribution is -1.75. The van der Waals surface area contributed by atoms with Crippen LogP contribution < -0.4 is 0 Å². The topological polar surface area (TPSA) is 9.23 Å². The highest BCUT2D eigenvalue weighted by Gasteiger charge is 1.76. The van der Waals surface area contributed by atoms with Gasteiger partial charge in [0.1, 0.15) is 0 Å². The van der Waals surface area contributed by atoms with E-state index in [1.807, 2.05) is 25.2 Å². The molecule has 0 unspecified atom stereocenters. The highest BCUT2D eigenvalue weighted by molar-refractivity contribution is 5.15. The predicted molar refractivity (Wildman–Crippen MR) is 49.3 cm³/mol. The van der Waals surface area contributed by atoms with E-state index in [0.29, 0.717) is 0 Å². The molecule has 1 nitrogen and oxygen atoms in total. The molecule has 0 amide bonds. The molecule has 0 spiro atoms. The van der Waals surface area contributed by atoms with Crippen molar-refractivity contribution in [2.45, 2.75) is 20.8 Å². The van der Waals surface area contributed by atoms with Gasteiger partial charge in [0.15, 0.2) is 0 Å². The molecular weight excluding hydrogens is 136 g/mol. The summed E-state index contributed by atoms with van der Waals surface area (Å²) in [6, 6.07) is 0. The van der Waals surface area contributed by atoms with Crippen LogP contribution in [0, 0.1) is 0 Å². The third-order valence-electron chi connectivity index (χ3n) is 1.19. The third-order valence-corrected chi connectivity index (χ3v) is 1.19. The Balaban J connectivity index is 3.87. The van der Waals surface area contributed by atoms with Gasteiger partial charge in [-0.1, -0.05) is 23.8 Å². The molecule has 0 aliphatic rings. The van der Waals surface area contributed by atoms with Crippen molar-refractivity contribution in [1.82, 2.24) is 0 Å². The second kappa shape index (κ2) is 5.78. The Morgan fingerprint density at radius 1 is 1.00 bits per heavy atom. The van der Waals surface area contributed by atoms with Gasteiger partial charge >= 0.3 is 0 Å². The molecule has 0 aliphatic heterocycles. The van der Waals surface area contributed by atoms with E-state index in [4.69, 9.17) is 4.74 Å². The number of allylic oxidation sites excluding steroid dienone is 6. The summed E-state index contributed by atoms with van der Waals surface area (Å²) in [6.45, 7) is 6.06. The Labute approximate surface area is 69.1 Å². The average molecular weight is 152 g/mol. The lowest BCUT2D eigenvalue weighted by molar-refractivity contribution is 0.294. The van der Waals surface area contributed by atoms with Crippen LogP contribution in [-0.2, 0) is 4.74 Å². The predicted octanol–water partition coefficient (Wildman–Crippen LogP) is 3.06. The number of rotatable bonds is 3. The van der Waals surface area contributed by atoms with Crippen molar-refractivity contribution in [2.24, 2.45) is 0 Å². The normalized spacial score (nSPS) is 11.8. The Morgan fingerprint density at radius 3 is 2.00 bits per heavy atom. The summed E-state index contributed by atoms with van der Waals surface area (Å²) in [4.78, 5) is 0. The van der Waals surface area contributed by atoms with Gasteiger partial charge in [-0.05, 0) is 26.8 Å². The minimum atomic E-state index is 0.920. The summed E-state index contributed by atoms with van der Waals surface area (Å²) < 4.78 is 4.95. The maximum absolute atomic E-state index is 4.95. The first-order chi connectivity index (χ1) is 5.16. The minimum Gasteiger partial charge on any atom is -0.501 e. The van der Waals surface area contributed by atoms with Crippen LogP contribution in [0.1, 0.15) is 20.8 Å². The smallest absolute Gasteiger partial charge is 0.0924 e. The molecular formula is C10H16O. The van der Waals surface area contributed by atoms with E-state index < -0.39 is 0 Å². The van der Waals surface area contributed by atoms with Crippen molar-refractivity contribution < 1.29 is 4.74 Å². The summed E-state index contributed by atoms with van der Waals surface area (Å²) in [6.07, 6.45) is 7.95. The van der Waals surface area contributed by atoms with Gasteiger partial charge in [0.25, 0.3) is 0 Å². The van der Waals surface area contributed by atoms with Gasteiger partial charge in [0.2, 0.25) is 0 Å². The summed E-state index contributed by atoms with van der Waals surface area (Å²) in [7, 11) is 1.67. The summed E-state index contributed by atoms with van der Waals surface area (Å²) in [5.41, 5.74) is 1.30. The van der Waals surface area contributed by atoms with E-state index in [9.17, 15) is 0 Å². The third kappa shape index (κ3) is 6.91. The van der Waals surface area contributed by atoms with Gasteiger partial charge in [-0.2, -0.15) is 0 Å². The van der Waals surface area contributed by atoms with Crippen LogP contribution in [0.5, 0.6) is 0 Å². The zero-order chi connectivity index (χ0) is 8.69. The molecule has 0 bridgehead atoms. The molecule has 62 valence electrons. The SMILES string of the molecule is CO/C(C)=C/C=C/C=C(C)C. The maximum Gasteiger partial charge on any atom is 0.0924 e. The summed E-state index contributed by atoms with van der Waals surface area (Å²) in [5, 5.41) is 0. The zero-order valence-corrected chi connectivity index (χ0v) is 7.72. The van der Waals surface area contributed by atoms with Gasteiger partial charge in [0, 0.05) is 0 Å². The van der Waals surface area contributed by atoms with E-state index in [1.54, 1.807) is 7.11 Å². The van der Waals surface area contributed by atoms with Crippen LogP contribution in [0.15, 0.2) is 35.6 Å². The molecule has 11 heavy (non-hydrogen) atoms. The molecule has 0 saturated carbocycles.